The van der Waals surface area contributed by atoms with Gasteiger partial charge in [0.05, 0.1) is 5.52 Å². The van der Waals surface area contributed by atoms with Crippen molar-refractivity contribution in [2.45, 2.75) is 33.3 Å². The molecule has 0 spiro atoms. The van der Waals surface area contributed by atoms with E-state index in [9.17, 15) is 9.90 Å². The molecule has 0 bridgehead atoms. The van der Waals surface area contributed by atoms with E-state index in [1.165, 1.54) is 6.07 Å². The zero-order valence-corrected chi connectivity index (χ0v) is 11.9. The highest BCUT2D eigenvalue weighted by Crippen LogP contribution is 2.26. The zero-order valence-electron chi connectivity index (χ0n) is 11.9. The molecule has 0 aliphatic carbocycles. The SMILES string of the molecule is Cc1cc2nc(NC(=O)OC(C)(C)C)c(O)cc2cn1. The van der Waals surface area contributed by atoms with Gasteiger partial charge in [-0.2, -0.15) is 0 Å². The molecule has 0 radical (unpaired) electrons. The van der Waals surface area contributed by atoms with Gasteiger partial charge in [-0.3, -0.25) is 10.3 Å². The normalized spacial score (nSPS) is 11.4. The van der Waals surface area contributed by atoms with Crippen LogP contribution in [0, 0.1) is 6.92 Å². The highest BCUT2D eigenvalue weighted by molar-refractivity contribution is 5.89. The highest BCUT2D eigenvalue weighted by atomic mass is 16.6. The minimum Gasteiger partial charge on any atom is -0.504 e. The van der Waals surface area contributed by atoms with Gasteiger partial charge in [-0.25, -0.2) is 9.78 Å². The Morgan fingerprint density at radius 2 is 2.05 bits per heavy atom. The molecule has 0 unspecified atom stereocenters. The van der Waals surface area contributed by atoms with Crippen LogP contribution in [0.3, 0.4) is 0 Å². The molecule has 0 saturated carbocycles. The number of aryl methyl sites for hydroxylation is 1. The van der Waals surface area contributed by atoms with Crippen LogP contribution in [0.15, 0.2) is 18.3 Å². The van der Waals surface area contributed by atoms with Gasteiger partial charge < -0.3 is 9.84 Å². The maximum atomic E-state index is 11.7. The van der Waals surface area contributed by atoms with Gasteiger partial charge >= 0.3 is 6.09 Å². The van der Waals surface area contributed by atoms with Crippen LogP contribution in [-0.4, -0.2) is 26.8 Å². The Balaban J connectivity index is 2.30. The average Bonchev–Trinajstić information content (AvgIpc) is 2.28. The van der Waals surface area contributed by atoms with E-state index in [4.69, 9.17) is 4.74 Å². The maximum absolute atomic E-state index is 11.7. The van der Waals surface area contributed by atoms with E-state index < -0.39 is 11.7 Å². The summed E-state index contributed by atoms with van der Waals surface area (Å²) in [6, 6.07) is 3.27. The van der Waals surface area contributed by atoms with Crippen LogP contribution in [0.5, 0.6) is 5.75 Å². The Morgan fingerprint density at radius 1 is 1.35 bits per heavy atom. The van der Waals surface area contributed by atoms with Crippen LogP contribution < -0.4 is 5.32 Å². The molecule has 6 nitrogen and oxygen atoms in total. The van der Waals surface area contributed by atoms with Crippen LogP contribution >= 0.6 is 0 Å². The highest BCUT2D eigenvalue weighted by Gasteiger charge is 2.18. The largest absolute Gasteiger partial charge is 0.504 e. The molecule has 2 N–H and O–H groups in total. The molecule has 2 aromatic heterocycles. The van der Waals surface area contributed by atoms with Crippen LogP contribution in [0.4, 0.5) is 10.6 Å². The van der Waals surface area contributed by atoms with Gasteiger partial charge in [0.1, 0.15) is 5.60 Å². The molecule has 6 heteroatoms. The van der Waals surface area contributed by atoms with Crippen molar-refractivity contribution in [3.8, 4) is 5.75 Å². The van der Waals surface area contributed by atoms with E-state index in [0.29, 0.717) is 10.9 Å². The summed E-state index contributed by atoms with van der Waals surface area (Å²) in [4.78, 5) is 20.0. The first kappa shape index (κ1) is 14.0. The average molecular weight is 275 g/mol. The maximum Gasteiger partial charge on any atom is 0.413 e. The molecule has 0 aromatic carbocycles. The third-order valence-electron chi connectivity index (χ3n) is 2.44. The second-order valence-corrected chi connectivity index (χ2v) is 5.50. The molecular formula is C14H17N3O3. The predicted molar refractivity (Wildman–Crippen MR) is 75.8 cm³/mol. The number of anilines is 1. The van der Waals surface area contributed by atoms with Crippen molar-refractivity contribution in [1.29, 1.82) is 0 Å². The lowest BCUT2D eigenvalue weighted by Crippen LogP contribution is -2.27. The number of carbonyl (C=O) groups excluding carboxylic acids is 1. The van der Waals surface area contributed by atoms with Gasteiger partial charge in [-0.05, 0) is 39.8 Å². The second-order valence-electron chi connectivity index (χ2n) is 5.50. The quantitative estimate of drug-likeness (QED) is 0.835. The Hall–Kier alpha value is -2.37. The summed E-state index contributed by atoms with van der Waals surface area (Å²) in [6.07, 6.45) is 0.958. The molecule has 20 heavy (non-hydrogen) atoms. The van der Waals surface area contributed by atoms with Crippen LogP contribution in [0.1, 0.15) is 26.5 Å². The molecule has 0 atom stereocenters. The number of hydrogen-bond donors (Lipinski definition) is 2. The Morgan fingerprint density at radius 3 is 2.70 bits per heavy atom. The Bertz CT molecular complexity index is 662. The fraction of sp³-hybridized carbons (Fsp3) is 0.357. The number of amides is 1. The van der Waals surface area contributed by atoms with Gasteiger partial charge in [0.25, 0.3) is 0 Å². The number of nitrogens with one attached hydrogen (secondary N) is 1. The minimum atomic E-state index is -0.662. The number of aromatic nitrogens is 2. The monoisotopic (exact) mass is 275 g/mol. The topological polar surface area (TPSA) is 84.3 Å². The Labute approximate surface area is 116 Å². The van der Waals surface area contributed by atoms with Gasteiger partial charge in [-0.15, -0.1) is 0 Å². The summed E-state index contributed by atoms with van der Waals surface area (Å²) >= 11 is 0. The number of nitrogens with zero attached hydrogens (tertiary/aromatic N) is 2. The van der Waals surface area contributed by atoms with E-state index in [1.54, 1.807) is 33.0 Å². The first-order chi connectivity index (χ1) is 9.24. The van der Waals surface area contributed by atoms with Crippen molar-refractivity contribution >= 4 is 22.8 Å². The van der Waals surface area contributed by atoms with Gasteiger partial charge in [0.2, 0.25) is 0 Å². The van der Waals surface area contributed by atoms with E-state index in [1.807, 2.05) is 6.92 Å². The van der Waals surface area contributed by atoms with Crippen molar-refractivity contribution in [2.75, 3.05) is 5.32 Å². The van der Waals surface area contributed by atoms with Gasteiger partial charge in [0.15, 0.2) is 11.6 Å². The predicted octanol–water partition coefficient (Wildman–Crippen LogP) is 2.99. The molecule has 0 fully saturated rings. The number of hydrogen-bond acceptors (Lipinski definition) is 5. The summed E-state index contributed by atoms with van der Waals surface area (Å²) in [5.41, 5.74) is 0.831. The third-order valence-corrected chi connectivity index (χ3v) is 2.44. The van der Waals surface area contributed by atoms with Crippen molar-refractivity contribution in [2.24, 2.45) is 0 Å². The van der Waals surface area contributed by atoms with Crippen molar-refractivity contribution in [1.82, 2.24) is 9.97 Å². The van der Waals surface area contributed by atoms with Crippen LogP contribution in [0.2, 0.25) is 0 Å². The first-order valence-electron chi connectivity index (χ1n) is 6.21. The van der Waals surface area contributed by atoms with E-state index in [-0.39, 0.29) is 11.6 Å². The van der Waals surface area contributed by atoms with E-state index >= 15 is 0 Å². The fourth-order valence-corrected chi connectivity index (χ4v) is 1.65. The molecule has 0 aliphatic rings. The van der Waals surface area contributed by atoms with Gasteiger partial charge in [-0.1, -0.05) is 0 Å². The molecule has 2 heterocycles. The molecular weight excluding hydrogens is 258 g/mol. The Kier molecular flexibility index (Phi) is 3.48. The summed E-state index contributed by atoms with van der Waals surface area (Å²) in [5.74, 6) is -0.0636. The lowest BCUT2D eigenvalue weighted by atomic mass is 10.2. The number of ether oxygens (including phenoxy) is 1. The number of fused-ring (bicyclic) bond motifs is 1. The molecule has 2 rings (SSSR count). The van der Waals surface area contributed by atoms with Crippen molar-refractivity contribution in [3.63, 3.8) is 0 Å². The summed E-state index contributed by atoms with van der Waals surface area (Å²) in [7, 11) is 0. The molecule has 1 amide bonds. The third kappa shape index (κ3) is 3.34. The number of aromatic hydroxyl groups is 1. The molecule has 106 valence electrons. The summed E-state index contributed by atoms with van der Waals surface area (Å²) < 4.78 is 5.12. The lowest BCUT2D eigenvalue weighted by molar-refractivity contribution is 0.0634. The van der Waals surface area contributed by atoms with Crippen LogP contribution in [-0.2, 0) is 4.74 Å². The second kappa shape index (κ2) is 4.96. The smallest absolute Gasteiger partial charge is 0.413 e. The lowest BCUT2D eigenvalue weighted by Gasteiger charge is -2.19. The van der Waals surface area contributed by atoms with Crippen molar-refractivity contribution in [3.05, 3.63) is 24.0 Å². The molecule has 2 aromatic rings. The number of rotatable bonds is 1. The van der Waals surface area contributed by atoms with Crippen molar-refractivity contribution < 1.29 is 14.6 Å². The number of pyridine rings is 2. The summed E-state index contributed by atoms with van der Waals surface area (Å²) in [5, 5.41) is 13.0. The van der Waals surface area contributed by atoms with E-state index in [2.05, 4.69) is 15.3 Å². The number of carbonyl (C=O) groups is 1. The summed E-state index contributed by atoms with van der Waals surface area (Å²) in [6.45, 7) is 7.12. The first-order valence-corrected chi connectivity index (χ1v) is 6.21. The minimum absolute atomic E-state index is 0.0670. The molecule has 0 saturated heterocycles. The zero-order chi connectivity index (χ0) is 14.9. The van der Waals surface area contributed by atoms with Crippen LogP contribution in [0.25, 0.3) is 10.9 Å². The molecule has 0 aliphatic heterocycles. The standard InChI is InChI=1S/C14H17N3O3/c1-8-5-10-9(7-15-8)6-11(18)12(16-10)17-13(19)20-14(2,3)4/h5-7,18H,1-4H3,(H,16,17,19). The van der Waals surface area contributed by atoms with E-state index in [0.717, 1.165) is 5.69 Å². The van der Waals surface area contributed by atoms with Gasteiger partial charge in [0, 0.05) is 17.3 Å². The fourth-order valence-electron chi connectivity index (χ4n) is 1.65.